The lowest BCUT2D eigenvalue weighted by molar-refractivity contribution is -0.131. The van der Waals surface area contributed by atoms with Crippen LogP contribution in [0.25, 0.3) is 0 Å². The molecule has 0 aliphatic carbocycles. The number of aliphatic carboxylic acids is 1. The van der Waals surface area contributed by atoms with Gasteiger partial charge in [0, 0.05) is 18.7 Å². The second-order valence-electron chi connectivity index (χ2n) is 4.24. The van der Waals surface area contributed by atoms with Gasteiger partial charge in [0.1, 0.15) is 0 Å². The minimum atomic E-state index is -0.870. The van der Waals surface area contributed by atoms with Crippen LogP contribution < -0.4 is 0 Å². The van der Waals surface area contributed by atoms with Crippen molar-refractivity contribution in [3.8, 4) is 0 Å². The third-order valence-corrected chi connectivity index (χ3v) is 3.28. The molecule has 0 spiro atoms. The number of allylic oxidation sites excluding steroid dienone is 2. The Morgan fingerprint density at radius 2 is 2.27 bits per heavy atom. The Hall–Kier alpha value is -1.09. The zero-order valence-corrected chi connectivity index (χ0v) is 8.85. The Kier molecular flexibility index (Phi) is 3.21. The highest BCUT2D eigenvalue weighted by atomic mass is 16.4. The highest BCUT2D eigenvalue weighted by molar-refractivity contribution is 5.80. The number of hydrogen-bond donors (Lipinski definition) is 1. The molecule has 0 aromatic carbocycles. The zero-order valence-electron chi connectivity index (χ0n) is 8.85. The van der Waals surface area contributed by atoms with Gasteiger partial charge >= 0.3 is 5.97 Å². The number of nitrogens with zero attached hydrogens (tertiary/aromatic N) is 1. The molecule has 2 fully saturated rings. The average Bonchev–Trinajstić information content (AvgIpc) is 2.62. The smallest absolute Gasteiger partial charge is 0.328 e. The third-order valence-electron chi connectivity index (χ3n) is 3.28. The van der Waals surface area contributed by atoms with Crippen LogP contribution in [0.1, 0.15) is 25.7 Å². The van der Waals surface area contributed by atoms with Gasteiger partial charge in [0.25, 0.3) is 0 Å². The van der Waals surface area contributed by atoms with E-state index in [0.717, 1.165) is 13.0 Å². The highest BCUT2D eigenvalue weighted by Gasteiger charge is 2.30. The normalized spacial score (nSPS) is 29.9. The molecule has 1 atom stereocenters. The molecule has 15 heavy (non-hydrogen) atoms. The third kappa shape index (κ3) is 2.48. The molecule has 0 aromatic heterocycles. The van der Waals surface area contributed by atoms with E-state index in [2.05, 4.69) is 4.90 Å². The van der Waals surface area contributed by atoms with Crippen LogP contribution in [0, 0.1) is 0 Å². The summed E-state index contributed by atoms with van der Waals surface area (Å²) in [7, 11) is 0. The Morgan fingerprint density at radius 1 is 1.40 bits per heavy atom. The molecule has 2 aliphatic rings. The van der Waals surface area contributed by atoms with E-state index in [9.17, 15) is 4.79 Å². The van der Waals surface area contributed by atoms with E-state index in [4.69, 9.17) is 5.11 Å². The summed E-state index contributed by atoms with van der Waals surface area (Å²) in [5.74, 6) is -0.870. The Balaban J connectivity index is 2.01. The zero-order chi connectivity index (χ0) is 10.7. The Labute approximate surface area is 90.1 Å². The summed E-state index contributed by atoms with van der Waals surface area (Å²) in [5.41, 5.74) is 1.41. The fraction of sp³-hybridized carbons (Fsp3) is 0.583. The van der Waals surface area contributed by atoms with Gasteiger partial charge in [0.15, 0.2) is 0 Å². The monoisotopic (exact) mass is 207 g/mol. The molecule has 2 heterocycles. The molecular formula is C12H17NO2. The lowest BCUT2D eigenvalue weighted by Gasteiger charge is -2.29. The molecule has 1 N–H and O–H groups in total. The SMILES string of the molecule is O=C(O)/C=C/C=C1/CCN2CCCCC12. The minimum Gasteiger partial charge on any atom is -0.478 e. The van der Waals surface area contributed by atoms with Crippen molar-refractivity contribution in [2.24, 2.45) is 0 Å². The van der Waals surface area contributed by atoms with Gasteiger partial charge in [-0.25, -0.2) is 4.79 Å². The van der Waals surface area contributed by atoms with Gasteiger partial charge < -0.3 is 5.11 Å². The van der Waals surface area contributed by atoms with Gasteiger partial charge in [0.05, 0.1) is 0 Å². The van der Waals surface area contributed by atoms with E-state index in [1.54, 1.807) is 6.08 Å². The maximum atomic E-state index is 10.3. The molecule has 2 aliphatic heterocycles. The molecule has 0 saturated carbocycles. The van der Waals surface area contributed by atoms with Crippen molar-refractivity contribution in [1.29, 1.82) is 0 Å². The number of rotatable bonds is 2. The summed E-state index contributed by atoms with van der Waals surface area (Å²) >= 11 is 0. The van der Waals surface area contributed by atoms with Crippen LogP contribution in [0.4, 0.5) is 0 Å². The van der Waals surface area contributed by atoms with Crippen LogP contribution in [-0.2, 0) is 4.79 Å². The molecule has 2 saturated heterocycles. The predicted molar refractivity (Wildman–Crippen MR) is 58.7 cm³/mol. The van der Waals surface area contributed by atoms with Gasteiger partial charge in [-0.3, -0.25) is 4.90 Å². The first-order valence-electron chi connectivity index (χ1n) is 5.61. The molecule has 2 rings (SSSR count). The number of carboxylic acids is 1. The first kappa shape index (κ1) is 10.4. The van der Waals surface area contributed by atoms with Gasteiger partial charge in [0.2, 0.25) is 0 Å². The van der Waals surface area contributed by atoms with Gasteiger partial charge in [-0.1, -0.05) is 24.1 Å². The van der Waals surface area contributed by atoms with Crippen molar-refractivity contribution in [2.45, 2.75) is 31.7 Å². The van der Waals surface area contributed by atoms with Crippen LogP contribution in [0.5, 0.6) is 0 Å². The number of hydrogen-bond acceptors (Lipinski definition) is 2. The van der Waals surface area contributed by atoms with Gasteiger partial charge in [-0.05, 0) is 25.8 Å². The largest absolute Gasteiger partial charge is 0.478 e. The molecule has 3 heteroatoms. The molecule has 0 bridgehead atoms. The maximum absolute atomic E-state index is 10.3. The van der Waals surface area contributed by atoms with Crippen LogP contribution in [-0.4, -0.2) is 35.1 Å². The number of carboxylic acid groups (broad SMARTS) is 1. The molecule has 3 nitrogen and oxygen atoms in total. The van der Waals surface area contributed by atoms with Crippen LogP contribution in [0.2, 0.25) is 0 Å². The molecular weight excluding hydrogens is 190 g/mol. The standard InChI is InChI=1S/C12H17NO2/c14-12(15)6-3-4-10-7-9-13-8-2-1-5-11(10)13/h3-4,6,11H,1-2,5,7-9H2,(H,14,15)/b6-3+,10-4-. The minimum absolute atomic E-state index is 0.595. The fourth-order valence-corrected chi connectivity index (χ4v) is 2.57. The fourth-order valence-electron chi connectivity index (χ4n) is 2.57. The maximum Gasteiger partial charge on any atom is 0.328 e. The van der Waals surface area contributed by atoms with Crippen molar-refractivity contribution >= 4 is 5.97 Å². The van der Waals surface area contributed by atoms with Crippen molar-refractivity contribution in [3.63, 3.8) is 0 Å². The first-order valence-corrected chi connectivity index (χ1v) is 5.61. The van der Waals surface area contributed by atoms with E-state index in [0.29, 0.717) is 6.04 Å². The Morgan fingerprint density at radius 3 is 3.07 bits per heavy atom. The van der Waals surface area contributed by atoms with Crippen LogP contribution >= 0.6 is 0 Å². The number of carbonyl (C=O) groups is 1. The summed E-state index contributed by atoms with van der Waals surface area (Å²) in [6, 6.07) is 0.595. The summed E-state index contributed by atoms with van der Waals surface area (Å²) in [6.45, 7) is 2.36. The molecule has 0 radical (unpaired) electrons. The summed E-state index contributed by atoms with van der Waals surface area (Å²) in [6.07, 6.45) is 9.83. The van der Waals surface area contributed by atoms with E-state index in [1.807, 2.05) is 6.08 Å². The number of fused-ring (bicyclic) bond motifs is 1. The Bertz CT molecular complexity index is 307. The topological polar surface area (TPSA) is 40.5 Å². The average molecular weight is 207 g/mol. The summed E-state index contributed by atoms with van der Waals surface area (Å²) in [4.78, 5) is 12.8. The van der Waals surface area contributed by atoms with Crippen molar-refractivity contribution in [3.05, 3.63) is 23.8 Å². The van der Waals surface area contributed by atoms with Crippen molar-refractivity contribution in [2.75, 3.05) is 13.1 Å². The quantitative estimate of drug-likeness (QED) is 0.702. The van der Waals surface area contributed by atoms with Crippen LogP contribution in [0.3, 0.4) is 0 Å². The first-order chi connectivity index (χ1) is 7.27. The van der Waals surface area contributed by atoms with Crippen molar-refractivity contribution < 1.29 is 9.90 Å². The second-order valence-corrected chi connectivity index (χ2v) is 4.24. The van der Waals surface area contributed by atoms with E-state index in [-0.39, 0.29) is 0 Å². The van der Waals surface area contributed by atoms with Gasteiger partial charge in [-0.2, -0.15) is 0 Å². The van der Waals surface area contributed by atoms with Gasteiger partial charge in [-0.15, -0.1) is 0 Å². The molecule has 82 valence electrons. The van der Waals surface area contributed by atoms with Crippen molar-refractivity contribution in [1.82, 2.24) is 4.90 Å². The number of piperidine rings is 1. The van der Waals surface area contributed by atoms with E-state index < -0.39 is 5.97 Å². The summed E-state index contributed by atoms with van der Waals surface area (Å²) < 4.78 is 0. The predicted octanol–water partition coefficient (Wildman–Crippen LogP) is 1.81. The lowest BCUT2D eigenvalue weighted by atomic mass is 9.98. The van der Waals surface area contributed by atoms with E-state index in [1.165, 1.54) is 37.5 Å². The molecule has 0 aromatic rings. The molecule has 1 unspecified atom stereocenters. The second kappa shape index (κ2) is 4.62. The summed E-state index contributed by atoms with van der Waals surface area (Å²) in [5, 5.41) is 8.49. The van der Waals surface area contributed by atoms with Crippen LogP contribution in [0.15, 0.2) is 23.8 Å². The van der Waals surface area contributed by atoms with E-state index >= 15 is 0 Å². The lowest BCUT2D eigenvalue weighted by Crippen LogP contribution is -2.34. The highest BCUT2D eigenvalue weighted by Crippen LogP contribution is 2.30. The molecule has 0 amide bonds.